The zero-order valence-electron chi connectivity index (χ0n) is 12.0. The van der Waals surface area contributed by atoms with Crippen LogP contribution in [0, 0.1) is 11.8 Å². The smallest absolute Gasteiger partial charge is 0.225 e. The van der Waals surface area contributed by atoms with E-state index in [9.17, 15) is 19.8 Å². The number of hydrogen-bond donors (Lipinski definition) is 3. The third kappa shape index (κ3) is 3.49. The number of likely N-dealkylation sites (tertiary alicyclic amines) is 1. The summed E-state index contributed by atoms with van der Waals surface area (Å²) in [4.78, 5) is 26.0. The molecule has 0 aromatic rings. The number of hydrogen-bond acceptors (Lipinski definition) is 4. The van der Waals surface area contributed by atoms with Crippen molar-refractivity contribution in [1.82, 2.24) is 10.2 Å². The Bertz CT molecular complexity index is 377. The lowest BCUT2D eigenvalue weighted by molar-refractivity contribution is -0.137. The minimum absolute atomic E-state index is 0.176. The molecule has 0 spiro atoms. The lowest BCUT2D eigenvalue weighted by atomic mass is 9.95. The van der Waals surface area contributed by atoms with Gasteiger partial charge >= 0.3 is 0 Å². The average Bonchev–Trinajstić information content (AvgIpc) is 3.31. The largest absolute Gasteiger partial charge is 0.394 e. The fourth-order valence-electron chi connectivity index (χ4n) is 2.51. The van der Waals surface area contributed by atoms with Crippen molar-refractivity contribution in [2.45, 2.75) is 38.1 Å². The number of amides is 2. The maximum atomic E-state index is 12.2. The Hall–Kier alpha value is -1.14. The van der Waals surface area contributed by atoms with Crippen molar-refractivity contribution in [1.29, 1.82) is 0 Å². The minimum atomic E-state index is -1.00. The van der Waals surface area contributed by atoms with Crippen molar-refractivity contribution in [3.8, 4) is 0 Å². The van der Waals surface area contributed by atoms with Gasteiger partial charge in [0.1, 0.15) is 0 Å². The van der Waals surface area contributed by atoms with Crippen molar-refractivity contribution >= 4 is 11.8 Å². The second kappa shape index (κ2) is 6.10. The predicted octanol–water partition coefficient (Wildman–Crippen LogP) is -0.505. The van der Waals surface area contributed by atoms with Crippen LogP contribution >= 0.6 is 0 Å². The molecule has 1 heterocycles. The number of nitrogens with one attached hydrogen (secondary N) is 1. The van der Waals surface area contributed by atoms with E-state index in [1.54, 1.807) is 11.8 Å². The highest BCUT2D eigenvalue weighted by Gasteiger charge is 2.37. The number of rotatable bonds is 5. The van der Waals surface area contributed by atoms with E-state index >= 15 is 0 Å². The van der Waals surface area contributed by atoms with E-state index in [0.29, 0.717) is 6.54 Å². The molecule has 2 rings (SSSR count). The van der Waals surface area contributed by atoms with Crippen LogP contribution < -0.4 is 5.32 Å². The topological polar surface area (TPSA) is 89.9 Å². The van der Waals surface area contributed by atoms with Gasteiger partial charge in [0.05, 0.1) is 24.7 Å². The zero-order valence-corrected chi connectivity index (χ0v) is 12.0. The van der Waals surface area contributed by atoms with Gasteiger partial charge in [-0.1, -0.05) is 0 Å². The molecule has 1 aliphatic carbocycles. The molecule has 20 heavy (non-hydrogen) atoms. The molecule has 6 heteroatoms. The minimum Gasteiger partial charge on any atom is -0.394 e. The number of carbonyl (C=O) groups is 2. The molecule has 2 amide bonds. The zero-order chi connectivity index (χ0) is 14.8. The number of carbonyl (C=O) groups excluding carboxylic acids is 2. The van der Waals surface area contributed by atoms with E-state index in [4.69, 9.17) is 0 Å². The summed E-state index contributed by atoms with van der Waals surface area (Å²) in [5, 5.41) is 21.1. The summed E-state index contributed by atoms with van der Waals surface area (Å²) < 4.78 is 0. The maximum Gasteiger partial charge on any atom is 0.225 e. The summed E-state index contributed by atoms with van der Waals surface area (Å²) in [5.74, 6) is -0.0840. The maximum absolute atomic E-state index is 12.2. The quantitative estimate of drug-likeness (QED) is 0.634. The van der Waals surface area contributed by atoms with Crippen LogP contribution in [0.3, 0.4) is 0 Å². The normalized spacial score (nSPS) is 23.6. The van der Waals surface area contributed by atoms with E-state index in [2.05, 4.69) is 5.32 Å². The van der Waals surface area contributed by atoms with Gasteiger partial charge in [-0.15, -0.1) is 0 Å². The molecule has 0 aromatic carbocycles. The van der Waals surface area contributed by atoms with Gasteiger partial charge in [0.25, 0.3) is 0 Å². The summed E-state index contributed by atoms with van der Waals surface area (Å²) in [6.07, 6.45) is 3.51. The molecule has 0 radical (unpaired) electrons. The lowest BCUT2D eigenvalue weighted by Crippen LogP contribution is -2.55. The Kier molecular flexibility index (Phi) is 4.65. The average molecular weight is 284 g/mol. The van der Waals surface area contributed by atoms with E-state index in [1.807, 2.05) is 0 Å². The highest BCUT2D eigenvalue weighted by molar-refractivity contribution is 5.83. The van der Waals surface area contributed by atoms with Crippen LogP contribution in [0.1, 0.15) is 32.6 Å². The molecule has 2 aliphatic rings. The van der Waals surface area contributed by atoms with Gasteiger partial charge in [-0.2, -0.15) is 0 Å². The first-order chi connectivity index (χ1) is 9.49. The summed E-state index contributed by atoms with van der Waals surface area (Å²) in [7, 11) is 0. The van der Waals surface area contributed by atoms with Crippen molar-refractivity contribution < 1.29 is 19.8 Å². The van der Waals surface area contributed by atoms with Crippen LogP contribution in [0.2, 0.25) is 0 Å². The molecule has 3 N–H and O–H groups in total. The van der Waals surface area contributed by atoms with Gasteiger partial charge in [-0.25, -0.2) is 0 Å². The monoisotopic (exact) mass is 284 g/mol. The van der Waals surface area contributed by atoms with Gasteiger partial charge < -0.3 is 20.4 Å². The second-order valence-electron chi connectivity index (χ2n) is 6.26. The van der Waals surface area contributed by atoms with Crippen molar-refractivity contribution in [3.63, 3.8) is 0 Å². The Morgan fingerprint density at radius 1 is 1.20 bits per heavy atom. The van der Waals surface area contributed by atoms with E-state index < -0.39 is 5.54 Å². The highest BCUT2D eigenvalue weighted by Crippen LogP contribution is 2.32. The molecular weight excluding hydrogens is 260 g/mol. The first-order valence-corrected chi connectivity index (χ1v) is 7.31. The van der Waals surface area contributed by atoms with Crippen LogP contribution in [0.4, 0.5) is 0 Å². The third-order valence-electron chi connectivity index (χ3n) is 4.15. The summed E-state index contributed by atoms with van der Waals surface area (Å²) >= 11 is 0. The van der Waals surface area contributed by atoms with Gasteiger partial charge in [-0.05, 0) is 32.6 Å². The molecule has 0 aromatic heterocycles. The molecule has 2 fully saturated rings. The number of piperidine rings is 1. The summed E-state index contributed by atoms with van der Waals surface area (Å²) in [6.45, 7) is 2.16. The number of nitrogens with zero attached hydrogens (tertiary/aromatic N) is 1. The van der Waals surface area contributed by atoms with E-state index in [1.165, 1.54) is 0 Å². The van der Waals surface area contributed by atoms with E-state index in [0.717, 1.165) is 32.2 Å². The first kappa shape index (κ1) is 15.3. The molecule has 1 atom stereocenters. The van der Waals surface area contributed by atoms with Crippen molar-refractivity contribution in [2.24, 2.45) is 11.8 Å². The molecule has 0 bridgehead atoms. The van der Waals surface area contributed by atoms with Crippen molar-refractivity contribution in [2.75, 3.05) is 26.3 Å². The number of aliphatic hydroxyl groups excluding tert-OH is 2. The van der Waals surface area contributed by atoms with Gasteiger partial charge in [0.15, 0.2) is 0 Å². The van der Waals surface area contributed by atoms with Crippen LogP contribution in [-0.4, -0.2) is 58.8 Å². The second-order valence-corrected chi connectivity index (χ2v) is 6.26. The fourth-order valence-corrected chi connectivity index (χ4v) is 2.51. The van der Waals surface area contributed by atoms with Gasteiger partial charge in [0, 0.05) is 19.0 Å². The SMILES string of the molecule is CC(CO)(CO)NC(=O)C1CCCN(C(=O)C2CC2)C1. The molecule has 6 nitrogen and oxygen atoms in total. The highest BCUT2D eigenvalue weighted by atomic mass is 16.3. The number of aliphatic hydroxyl groups is 2. The molecule has 114 valence electrons. The Balaban J connectivity index is 1.91. The molecule has 1 unspecified atom stereocenters. The standard InChI is InChI=1S/C14H24N2O4/c1-14(8-17,9-18)15-12(19)11-3-2-6-16(7-11)13(20)10-4-5-10/h10-11,17-18H,2-9H2,1H3,(H,15,19). The Morgan fingerprint density at radius 2 is 1.85 bits per heavy atom. The summed E-state index contributed by atoms with van der Waals surface area (Å²) in [6, 6.07) is 0. The van der Waals surface area contributed by atoms with Gasteiger partial charge in [-0.3, -0.25) is 9.59 Å². The van der Waals surface area contributed by atoms with Crippen LogP contribution in [0.5, 0.6) is 0 Å². The third-order valence-corrected chi connectivity index (χ3v) is 4.15. The fraction of sp³-hybridized carbons (Fsp3) is 0.857. The predicted molar refractivity (Wildman–Crippen MR) is 72.7 cm³/mol. The van der Waals surface area contributed by atoms with Gasteiger partial charge in [0.2, 0.25) is 11.8 Å². The Morgan fingerprint density at radius 3 is 2.40 bits per heavy atom. The summed E-state index contributed by atoms with van der Waals surface area (Å²) in [5.41, 5.74) is -1.00. The molecular formula is C14H24N2O4. The van der Waals surface area contributed by atoms with Crippen LogP contribution in [0.15, 0.2) is 0 Å². The van der Waals surface area contributed by atoms with Crippen LogP contribution in [-0.2, 0) is 9.59 Å². The molecule has 1 aliphatic heterocycles. The Labute approximate surface area is 119 Å². The van der Waals surface area contributed by atoms with Crippen LogP contribution in [0.25, 0.3) is 0 Å². The van der Waals surface area contributed by atoms with Crippen molar-refractivity contribution in [3.05, 3.63) is 0 Å². The van der Waals surface area contributed by atoms with E-state index in [-0.39, 0.29) is 36.9 Å². The molecule has 1 saturated heterocycles. The first-order valence-electron chi connectivity index (χ1n) is 7.31. The lowest BCUT2D eigenvalue weighted by Gasteiger charge is -2.34. The molecule has 1 saturated carbocycles.